The summed E-state index contributed by atoms with van der Waals surface area (Å²) in [7, 11) is 0. The predicted octanol–water partition coefficient (Wildman–Crippen LogP) is 4.87. The number of aryl methyl sites for hydroxylation is 4. The monoisotopic (exact) mass is 302 g/mol. The normalized spacial score (nSPS) is 10.3. The van der Waals surface area contributed by atoms with E-state index in [2.05, 4.69) is 29.7 Å². The van der Waals surface area contributed by atoms with Gasteiger partial charge in [0.05, 0.1) is 0 Å². The number of rotatable bonds is 2. The molecule has 4 heteroatoms. The first-order valence-electron chi connectivity index (χ1n) is 6.79. The predicted molar refractivity (Wildman–Crippen MR) is 91.6 cm³/mol. The van der Waals surface area contributed by atoms with Crippen LogP contribution in [-0.4, -0.2) is 5.11 Å². The standard InChI is InChI=1S/C17H19FN2S/c1-10-7-12(3)16(13(4)8-10)20-17(21)19-15-9-14(18)6-5-11(15)2/h5-9H,1-4H3,(H2,19,20,21). The molecule has 0 saturated carbocycles. The van der Waals surface area contributed by atoms with Gasteiger partial charge in [0.2, 0.25) is 0 Å². The van der Waals surface area contributed by atoms with Crippen molar-refractivity contribution in [3.8, 4) is 0 Å². The van der Waals surface area contributed by atoms with Gasteiger partial charge in [-0.15, -0.1) is 0 Å². The van der Waals surface area contributed by atoms with Gasteiger partial charge in [0.25, 0.3) is 0 Å². The van der Waals surface area contributed by atoms with Crippen molar-refractivity contribution in [1.82, 2.24) is 0 Å². The van der Waals surface area contributed by atoms with Crippen LogP contribution >= 0.6 is 12.2 Å². The molecule has 0 fully saturated rings. The fourth-order valence-corrected chi connectivity index (χ4v) is 2.59. The molecular weight excluding hydrogens is 283 g/mol. The third-order valence-electron chi connectivity index (χ3n) is 3.36. The van der Waals surface area contributed by atoms with E-state index in [1.54, 1.807) is 6.07 Å². The Kier molecular flexibility index (Phi) is 4.58. The van der Waals surface area contributed by atoms with Crippen LogP contribution in [0.2, 0.25) is 0 Å². The van der Waals surface area contributed by atoms with Crippen LogP contribution in [0.15, 0.2) is 30.3 Å². The Hall–Kier alpha value is -1.94. The van der Waals surface area contributed by atoms with Gasteiger partial charge >= 0.3 is 0 Å². The van der Waals surface area contributed by atoms with Crippen molar-refractivity contribution in [1.29, 1.82) is 0 Å². The van der Waals surface area contributed by atoms with Crippen LogP contribution in [0.3, 0.4) is 0 Å². The van der Waals surface area contributed by atoms with E-state index >= 15 is 0 Å². The number of thiocarbonyl (C=S) groups is 1. The summed E-state index contributed by atoms with van der Waals surface area (Å²) in [4.78, 5) is 0. The molecular formula is C17H19FN2S. The first kappa shape index (κ1) is 15.4. The van der Waals surface area contributed by atoms with Crippen molar-refractivity contribution in [2.45, 2.75) is 27.7 Å². The molecule has 0 aliphatic heterocycles. The molecule has 110 valence electrons. The van der Waals surface area contributed by atoms with Crippen molar-refractivity contribution in [2.24, 2.45) is 0 Å². The van der Waals surface area contributed by atoms with Crippen LogP contribution in [0, 0.1) is 33.5 Å². The number of halogens is 1. The zero-order valence-corrected chi connectivity index (χ0v) is 13.5. The number of benzene rings is 2. The zero-order chi connectivity index (χ0) is 15.6. The number of anilines is 2. The van der Waals surface area contributed by atoms with Gasteiger partial charge in [0.15, 0.2) is 5.11 Å². The Morgan fingerprint density at radius 2 is 1.52 bits per heavy atom. The smallest absolute Gasteiger partial charge is 0.175 e. The number of hydrogen-bond acceptors (Lipinski definition) is 1. The third kappa shape index (κ3) is 3.79. The van der Waals surface area contributed by atoms with Crippen LogP contribution in [0.1, 0.15) is 22.3 Å². The maximum absolute atomic E-state index is 13.3. The molecule has 0 atom stereocenters. The molecule has 0 heterocycles. The zero-order valence-electron chi connectivity index (χ0n) is 12.7. The lowest BCUT2D eigenvalue weighted by Crippen LogP contribution is -2.21. The van der Waals surface area contributed by atoms with Crippen LogP contribution in [0.5, 0.6) is 0 Å². The Bertz CT molecular complexity index is 672. The van der Waals surface area contributed by atoms with Gasteiger partial charge in [-0.1, -0.05) is 23.8 Å². The molecule has 2 aromatic rings. The lowest BCUT2D eigenvalue weighted by molar-refractivity contribution is 0.628. The molecule has 0 saturated heterocycles. The van der Waals surface area contributed by atoms with Crippen LogP contribution in [-0.2, 0) is 0 Å². The van der Waals surface area contributed by atoms with E-state index in [1.165, 1.54) is 17.7 Å². The fourth-order valence-electron chi connectivity index (χ4n) is 2.37. The summed E-state index contributed by atoms with van der Waals surface area (Å²) in [6, 6.07) is 8.81. The van der Waals surface area contributed by atoms with E-state index in [0.717, 1.165) is 22.4 Å². The van der Waals surface area contributed by atoms with Crippen LogP contribution < -0.4 is 10.6 Å². The number of nitrogens with one attached hydrogen (secondary N) is 2. The first-order chi connectivity index (χ1) is 9.86. The van der Waals surface area contributed by atoms with Crippen molar-refractivity contribution < 1.29 is 4.39 Å². The highest BCUT2D eigenvalue weighted by Gasteiger charge is 2.07. The highest BCUT2D eigenvalue weighted by atomic mass is 32.1. The van der Waals surface area contributed by atoms with Gasteiger partial charge < -0.3 is 10.6 Å². The maximum Gasteiger partial charge on any atom is 0.175 e. The third-order valence-corrected chi connectivity index (χ3v) is 3.57. The molecule has 21 heavy (non-hydrogen) atoms. The molecule has 0 unspecified atom stereocenters. The molecule has 2 nitrogen and oxygen atoms in total. The van der Waals surface area contributed by atoms with Crippen LogP contribution in [0.25, 0.3) is 0 Å². The molecule has 2 aromatic carbocycles. The molecule has 0 aliphatic rings. The van der Waals surface area contributed by atoms with E-state index in [0.29, 0.717) is 10.8 Å². The minimum Gasteiger partial charge on any atom is -0.332 e. The molecule has 2 rings (SSSR count). The van der Waals surface area contributed by atoms with Gasteiger partial charge in [0.1, 0.15) is 5.82 Å². The lowest BCUT2D eigenvalue weighted by Gasteiger charge is -2.16. The minimum absolute atomic E-state index is 0.284. The summed E-state index contributed by atoms with van der Waals surface area (Å²) in [5.74, 6) is -0.284. The van der Waals surface area contributed by atoms with E-state index in [4.69, 9.17) is 12.2 Å². The lowest BCUT2D eigenvalue weighted by atomic mass is 10.1. The SMILES string of the molecule is Cc1cc(C)c(NC(=S)Nc2cc(F)ccc2C)c(C)c1. The Balaban J connectivity index is 2.17. The molecule has 0 bridgehead atoms. The van der Waals surface area contributed by atoms with Crippen molar-refractivity contribution >= 4 is 28.7 Å². The van der Waals surface area contributed by atoms with Gasteiger partial charge in [-0.2, -0.15) is 0 Å². The second-order valence-electron chi connectivity index (χ2n) is 5.31. The largest absolute Gasteiger partial charge is 0.332 e. The average molecular weight is 302 g/mol. The molecule has 0 radical (unpaired) electrons. The topological polar surface area (TPSA) is 24.1 Å². The molecule has 0 aliphatic carbocycles. The Labute approximate surface area is 130 Å². The van der Waals surface area contributed by atoms with E-state index in [1.807, 2.05) is 20.8 Å². The summed E-state index contributed by atoms with van der Waals surface area (Å²) in [6.45, 7) is 8.06. The summed E-state index contributed by atoms with van der Waals surface area (Å²) in [5.41, 5.74) is 6.09. The van der Waals surface area contributed by atoms with Gasteiger partial charge in [-0.05, 0) is 68.7 Å². The quantitative estimate of drug-likeness (QED) is 0.774. The fraction of sp³-hybridized carbons (Fsp3) is 0.235. The number of hydrogen-bond donors (Lipinski definition) is 2. The molecule has 0 aromatic heterocycles. The molecule has 0 spiro atoms. The first-order valence-corrected chi connectivity index (χ1v) is 7.19. The summed E-state index contributed by atoms with van der Waals surface area (Å²) < 4.78 is 13.3. The summed E-state index contributed by atoms with van der Waals surface area (Å²) in [5, 5.41) is 6.70. The van der Waals surface area contributed by atoms with Crippen LogP contribution in [0.4, 0.5) is 15.8 Å². The van der Waals surface area contributed by atoms with E-state index in [9.17, 15) is 4.39 Å². The van der Waals surface area contributed by atoms with Gasteiger partial charge in [-0.3, -0.25) is 0 Å². The summed E-state index contributed by atoms with van der Waals surface area (Å²) in [6.07, 6.45) is 0. The second kappa shape index (κ2) is 6.22. The Morgan fingerprint density at radius 3 is 2.14 bits per heavy atom. The van der Waals surface area contributed by atoms with Crippen molar-refractivity contribution in [3.05, 3.63) is 58.4 Å². The van der Waals surface area contributed by atoms with E-state index in [-0.39, 0.29) is 5.82 Å². The highest BCUT2D eigenvalue weighted by Crippen LogP contribution is 2.23. The molecule has 2 N–H and O–H groups in total. The highest BCUT2D eigenvalue weighted by molar-refractivity contribution is 7.80. The summed E-state index contributed by atoms with van der Waals surface area (Å²) >= 11 is 5.33. The van der Waals surface area contributed by atoms with Gasteiger partial charge in [0, 0.05) is 11.4 Å². The maximum atomic E-state index is 13.3. The van der Waals surface area contributed by atoms with Gasteiger partial charge in [-0.25, -0.2) is 4.39 Å². The van der Waals surface area contributed by atoms with Crippen molar-refractivity contribution in [2.75, 3.05) is 10.6 Å². The average Bonchev–Trinajstić information content (AvgIpc) is 2.38. The Morgan fingerprint density at radius 1 is 0.905 bits per heavy atom. The minimum atomic E-state index is -0.284. The second-order valence-corrected chi connectivity index (χ2v) is 5.72. The molecule has 0 amide bonds. The van der Waals surface area contributed by atoms with E-state index < -0.39 is 0 Å². The van der Waals surface area contributed by atoms with Crippen molar-refractivity contribution in [3.63, 3.8) is 0 Å².